The van der Waals surface area contributed by atoms with Crippen molar-refractivity contribution in [1.29, 1.82) is 0 Å². The highest BCUT2D eigenvalue weighted by atomic mass is 16.4. The number of aliphatic carboxylic acids is 1. The van der Waals surface area contributed by atoms with Crippen molar-refractivity contribution in [1.82, 2.24) is 0 Å². The van der Waals surface area contributed by atoms with Gasteiger partial charge in [0.05, 0.1) is 0 Å². The number of hydrogen-bond donors (Lipinski definition) is 2. The first-order valence-corrected chi connectivity index (χ1v) is 8.36. The Morgan fingerprint density at radius 2 is 1.55 bits per heavy atom. The van der Waals surface area contributed by atoms with Gasteiger partial charge in [0.25, 0.3) is 0 Å². The third-order valence-corrected chi connectivity index (χ3v) is 3.28. The molecule has 0 bridgehead atoms. The molecule has 0 aliphatic heterocycles. The van der Waals surface area contributed by atoms with Crippen molar-refractivity contribution in [3.05, 3.63) is 42.0 Å². The summed E-state index contributed by atoms with van der Waals surface area (Å²) in [5.41, 5.74) is 6.29. The Kier molecular flexibility index (Phi) is 14.6. The smallest absolute Gasteiger partial charge is 0.328 e. The highest BCUT2D eigenvalue weighted by molar-refractivity contribution is 5.85. The quantitative estimate of drug-likeness (QED) is 0.479. The van der Waals surface area contributed by atoms with Crippen LogP contribution < -0.4 is 5.73 Å². The van der Waals surface area contributed by atoms with E-state index in [0.717, 1.165) is 18.2 Å². The fourth-order valence-electron chi connectivity index (χ4n) is 2.01. The lowest BCUT2D eigenvalue weighted by atomic mass is 10.1. The molecule has 1 aromatic carbocycles. The molecule has 0 unspecified atom stereocenters. The molecule has 0 radical (unpaired) electrons. The Balaban J connectivity index is 0.000000401. The number of benzene rings is 1. The van der Waals surface area contributed by atoms with E-state index >= 15 is 0 Å². The normalized spacial score (nSPS) is 10.3. The molecule has 0 amide bonds. The average Bonchev–Trinajstić information content (AvgIpc) is 2.54. The highest BCUT2D eigenvalue weighted by Crippen LogP contribution is 2.07. The number of carboxylic acid groups (broad SMARTS) is 1. The van der Waals surface area contributed by atoms with E-state index in [9.17, 15) is 4.79 Å². The van der Waals surface area contributed by atoms with E-state index in [1.54, 1.807) is 6.08 Å². The van der Waals surface area contributed by atoms with Gasteiger partial charge in [0, 0.05) is 6.08 Å². The second kappa shape index (κ2) is 15.8. The Hall–Kier alpha value is -1.61. The van der Waals surface area contributed by atoms with Crippen LogP contribution >= 0.6 is 0 Å². The van der Waals surface area contributed by atoms with Gasteiger partial charge < -0.3 is 10.8 Å². The molecule has 3 heteroatoms. The fourth-order valence-corrected chi connectivity index (χ4v) is 2.01. The summed E-state index contributed by atoms with van der Waals surface area (Å²) < 4.78 is 0. The van der Waals surface area contributed by atoms with Crippen molar-refractivity contribution < 1.29 is 9.90 Å². The predicted octanol–water partition coefficient (Wildman–Crippen LogP) is 4.87. The summed E-state index contributed by atoms with van der Waals surface area (Å²) >= 11 is 0. The molecule has 0 aliphatic rings. The van der Waals surface area contributed by atoms with Gasteiger partial charge in [0.15, 0.2) is 0 Å². The summed E-state index contributed by atoms with van der Waals surface area (Å²) in [5.74, 6) is -0.922. The zero-order valence-electron chi connectivity index (χ0n) is 13.8. The molecule has 0 heterocycles. The second-order valence-electron chi connectivity index (χ2n) is 5.35. The molecule has 22 heavy (non-hydrogen) atoms. The largest absolute Gasteiger partial charge is 0.478 e. The molecule has 0 atom stereocenters. The number of rotatable bonds is 10. The van der Waals surface area contributed by atoms with Gasteiger partial charge in [-0.3, -0.25) is 0 Å². The van der Waals surface area contributed by atoms with Crippen LogP contribution in [0.15, 0.2) is 36.4 Å². The molecule has 3 nitrogen and oxygen atoms in total. The monoisotopic (exact) mass is 305 g/mol. The van der Waals surface area contributed by atoms with Gasteiger partial charge >= 0.3 is 5.97 Å². The van der Waals surface area contributed by atoms with Crippen molar-refractivity contribution in [3.8, 4) is 0 Å². The molecular formula is C19H31NO2. The van der Waals surface area contributed by atoms with E-state index in [0.29, 0.717) is 0 Å². The van der Waals surface area contributed by atoms with Crippen molar-refractivity contribution in [3.63, 3.8) is 0 Å². The Morgan fingerprint density at radius 1 is 1.00 bits per heavy atom. The number of carbonyl (C=O) groups is 1. The lowest BCUT2D eigenvalue weighted by Gasteiger charge is -1.99. The molecule has 1 aromatic rings. The summed E-state index contributed by atoms with van der Waals surface area (Å²) in [4.78, 5) is 10.1. The molecule has 1 rings (SSSR count). The van der Waals surface area contributed by atoms with Crippen LogP contribution in [0.1, 0.15) is 63.9 Å². The molecule has 3 N–H and O–H groups in total. The molecule has 0 saturated heterocycles. The summed E-state index contributed by atoms with van der Waals surface area (Å²) in [6.45, 7) is 3.13. The number of nitrogens with two attached hydrogens (primary N) is 1. The zero-order chi connectivity index (χ0) is 16.5. The van der Waals surface area contributed by atoms with E-state index in [-0.39, 0.29) is 0 Å². The first-order valence-electron chi connectivity index (χ1n) is 8.36. The summed E-state index contributed by atoms with van der Waals surface area (Å²) in [5, 5.41) is 8.29. The van der Waals surface area contributed by atoms with Crippen molar-refractivity contribution in [2.24, 2.45) is 5.73 Å². The van der Waals surface area contributed by atoms with Crippen LogP contribution in [0, 0.1) is 0 Å². The predicted molar refractivity (Wildman–Crippen MR) is 94.8 cm³/mol. The maximum absolute atomic E-state index is 10.1. The molecular weight excluding hydrogens is 274 g/mol. The Morgan fingerprint density at radius 3 is 2.05 bits per heavy atom. The number of unbranched alkanes of at least 4 members (excludes halogenated alkanes) is 7. The first kappa shape index (κ1) is 20.4. The Bertz CT molecular complexity index is 380. The van der Waals surface area contributed by atoms with Crippen LogP contribution in [0.3, 0.4) is 0 Å². The third kappa shape index (κ3) is 14.8. The minimum atomic E-state index is -0.922. The van der Waals surface area contributed by atoms with Crippen LogP contribution in [-0.4, -0.2) is 17.6 Å². The van der Waals surface area contributed by atoms with Gasteiger partial charge in [-0.2, -0.15) is 0 Å². The van der Waals surface area contributed by atoms with Crippen LogP contribution in [0.5, 0.6) is 0 Å². The highest BCUT2D eigenvalue weighted by Gasteiger charge is 1.89. The maximum Gasteiger partial charge on any atom is 0.328 e. The molecule has 124 valence electrons. The van der Waals surface area contributed by atoms with Gasteiger partial charge in [-0.25, -0.2) is 4.79 Å². The van der Waals surface area contributed by atoms with Gasteiger partial charge in [0.2, 0.25) is 0 Å². The zero-order valence-corrected chi connectivity index (χ0v) is 13.8. The lowest BCUT2D eigenvalue weighted by Crippen LogP contribution is -1.97. The van der Waals surface area contributed by atoms with Gasteiger partial charge in [-0.05, 0) is 24.6 Å². The third-order valence-electron chi connectivity index (χ3n) is 3.28. The van der Waals surface area contributed by atoms with Gasteiger partial charge in [-0.15, -0.1) is 0 Å². The standard InChI is InChI=1S/C10H23N.C9H8O2/c1-2-3-4-5-6-7-8-9-10-11;10-9(11)7-6-8-4-2-1-3-5-8/h2-11H2,1H3;1-7H,(H,10,11). The maximum atomic E-state index is 10.1. The van der Waals surface area contributed by atoms with E-state index in [2.05, 4.69) is 6.92 Å². The fraction of sp³-hybridized carbons (Fsp3) is 0.526. The topological polar surface area (TPSA) is 63.3 Å². The Labute approximate surface area is 135 Å². The van der Waals surface area contributed by atoms with Crippen LogP contribution in [0.4, 0.5) is 0 Å². The minimum absolute atomic E-state index is 0.870. The minimum Gasteiger partial charge on any atom is -0.478 e. The summed E-state index contributed by atoms with van der Waals surface area (Å²) in [6.07, 6.45) is 13.7. The molecule has 0 aromatic heterocycles. The first-order chi connectivity index (χ1) is 10.7. The number of hydrogen-bond acceptors (Lipinski definition) is 2. The lowest BCUT2D eigenvalue weighted by molar-refractivity contribution is -0.131. The van der Waals surface area contributed by atoms with Gasteiger partial charge in [-0.1, -0.05) is 82.2 Å². The average molecular weight is 305 g/mol. The van der Waals surface area contributed by atoms with Gasteiger partial charge in [0.1, 0.15) is 0 Å². The summed E-state index contributed by atoms with van der Waals surface area (Å²) in [7, 11) is 0. The number of carboxylic acids is 1. The van der Waals surface area contributed by atoms with E-state index < -0.39 is 5.97 Å². The van der Waals surface area contributed by atoms with Crippen molar-refractivity contribution in [2.45, 2.75) is 58.3 Å². The van der Waals surface area contributed by atoms with Crippen molar-refractivity contribution in [2.75, 3.05) is 6.54 Å². The van der Waals surface area contributed by atoms with Crippen LogP contribution in [0.2, 0.25) is 0 Å². The SMILES string of the molecule is CCCCCCCCCCN.O=C(O)C=Cc1ccccc1. The van der Waals surface area contributed by atoms with E-state index in [1.165, 1.54) is 51.4 Å². The van der Waals surface area contributed by atoms with Crippen molar-refractivity contribution >= 4 is 12.0 Å². The van der Waals surface area contributed by atoms with Crippen LogP contribution in [0.25, 0.3) is 6.08 Å². The molecule has 0 fully saturated rings. The molecule has 0 saturated carbocycles. The van der Waals surface area contributed by atoms with E-state index in [1.807, 2.05) is 30.3 Å². The van der Waals surface area contributed by atoms with Crippen LogP contribution in [-0.2, 0) is 4.79 Å². The second-order valence-corrected chi connectivity index (χ2v) is 5.35. The van der Waals surface area contributed by atoms with E-state index in [4.69, 9.17) is 10.8 Å². The molecule has 0 spiro atoms. The molecule has 0 aliphatic carbocycles. The summed E-state index contributed by atoms with van der Waals surface area (Å²) in [6, 6.07) is 9.31.